The number of nitrogen functional groups attached to an aromatic ring is 2. The van der Waals surface area contributed by atoms with Crippen LogP contribution in [-0.4, -0.2) is 22.9 Å². The fourth-order valence-electron chi connectivity index (χ4n) is 3.04. The molecule has 8 heteroatoms. The third-order valence-corrected chi connectivity index (χ3v) is 4.62. The maximum Gasteiger partial charge on any atom is 0.167 e. The van der Waals surface area contributed by atoms with Gasteiger partial charge in [0.1, 0.15) is 29.5 Å². The molecular formula is C21H22FN5O2. The molecule has 1 aromatic heterocycles. The molecule has 0 saturated carbocycles. The van der Waals surface area contributed by atoms with Crippen LogP contribution in [0.1, 0.15) is 33.5 Å². The molecule has 0 aliphatic rings. The molecule has 0 bridgehead atoms. The molecule has 0 radical (unpaired) electrons. The maximum atomic E-state index is 13.5. The van der Waals surface area contributed by atoms with E-state index in [4.69, 9.17) is 16.3 Å². The molecule has 5 N–H and O–H groups in total. The van der Waals surface area contributed by atoms with Crippen molar-refractivity contribution in [2.45, 2.75) is 19.3 Å². The Hall–Kier alpha value is -3.52. The van der Waals surface area contributed by atoms with Crippen LogP contribution in [0.25, 0.3) is 0 Å². The molecule has 0 aliphatic heterocycles. The SMILES string of the molecule is COc1ccc(F)cc1C(=O)CCc1ccc(Cc2c(N)ncnc2NN)cc1. The van der Waals surface area contributed by atoms with E-state index in [1.807, 2.05) is 24.3 Å². The van der Waals surface area contributed by atoms with E-state index < -0.39 is 5.82 Å². The van der Waals surface area contributed by atoms with Gasteiger partial charge in [-0.1, -0.05) is 24.3 Å². The van der Waals surface area contributed by atoms with Crippen molar-refractivity contribution in [3.63, 3.8) is 0 Å². The lowest BCUT2D eigenvalue weighted by Gasteiger charge is -2.10. The van der Waals surface area contributed by atoms with Crippen LogP contribution in [-0.2, 0) is 12.8 Å². The van der Waals surface area contributed by atoms with Gasteiger partial charge in [0.15, 0.2) is 5.78 Å². The van der Waals surface area contributed by atoms with Gasteiger partial charge in [-0.05, 0) is 35.7 Å². The first-order valence-electron chi connectivity index (χ1n) is 9.02. The first-order valence-corrected chi connectivity index (χ1v) is 9.02. The second-order valence-corrected chi connectivity index (χ2v) is 6.49. The molecule has 0 atom stereocenters. The number of hydrogen-bond donors (Lipinski definition) is 3. The van der Waals surface area contributed by atoms with Crippen molar-refractivity contribution < 1.29 is 13.9 Å². The molecule has 0 aliphatic carbocycles. The Morgan fingerprint density at radius 2 is 1.86 bits per heavy atom. The average molecular weight is 395 g/mol. The summed E-state index contributed by atoms with van der Waals surface area (Å²) in [6.07, 6.45) is 2.65. The number of nitrogens with two attached hydrogens (primary N) is 2. The summed E-state index contributed by atoms with van der Waals surface area (Å²) in [5.41, 5.74) is 11.4. The van der Waals surface area contributed by atoms with Gasteiger partial charge in [-0.15, -0.1) is 0 Å². The molecule has 0 fully saturated rings. The van der Waals surface area contributed by atoms with E-state index in [0.29, 0.717) is 30.2 Å². The fourth-order valence-corrected chi connectivity index (χ4v) is 3.04. The quantitative estimate of drug-likeness (QED) is 0.305. The van der Waals surface area contributed by atoms with Crippen molar-refractivity contribution in [3.8, 4) is 5.75 Å². The first kappa shape index (κ1) is 20.2. The van der Waals surface area contributed by atoms with Crippen molar-refractivity contribution in [2.75, 3.05) is 18.3 Å². The van der Waals surface area contributed by atoms with E-state index in [9.17, 15) is 9.18 Å². The molecule has 150 valence electrons. The number of ketones is 1. The van der Waals surface area contributed by atoms with E-state index in [0.717, 1.165) is 16.7 Å². The Morgan fingerprint density at radius 1 is 1.14 bits per heavy atom. The number of halogens is 1. The zero-order chi connectivity index (χ0) is 20.8. The highest BCUT2D eigenvalue weighted by atomic mass is 19.1. The van der Waals surface area contributed by atoms with Crippen LogP contribution in [0.15, 0.2) is 48.8 Å². The van der Waals surface area contributed by atoms with Crippen LogP contribution in [0, 0.1) is 5.82 Å². The molecule has 29 heavy (non-hydrogen) atoms. The number of carbonyl (C=O) groups is 1. The molecule has 0 saturated heterocycles. The van der Waals surface area contributed by atoms with Gasteiger partial charge in [0.05, 0.1) is 12.7 Å². The summed E-state index contributed by atoms with van der Waals surface area (Å²) in [4.78, 5) is 20.5. The number of Topliss-reactive ketones (excluding diaryl/α,β-unsaturated/α-hetero) is 1. The van der Waals surface area contributed by atoms with Crippen molar-refractivity contribution in [3.05, 3.63) is 76.9 Å². The van der Waals surface area contributed by atoms with Crippen molar-refractivity contribution in [1.29, 1.82) is 0 Å². The minimum Gasteiger partial charge on any atom is -0.496 e. The zero-order valence-electron chi connectivity index (χ0n) is 16.0. The normalized spacial score (nSPS) is 10.6. The summed E-state index contributed by atoms with van der Waals surface area (Å²) in [5.74, 6) is 6.07. The van der Waals surface area contributed by atoms with E-state index in [1.54, 1.807) is 0 Å². The molecule has 0 amide bonds. The number of carbonyl (C=O) groups excluding carboxylic acids is 1. The number of aryl methyl sites for hydroxylation is 1. The average Bonchev–Trinajstić information content (AvgIpc) is 2.74. The molecule has 0 spiro atoms. The van der Waals surface area contributed by atoms with E-state index in [1.165, 1.54) is 31.6 Å². The second-order valence-electron chi connectivity index (χ2n) is 6.49. The number of methoxy groups -OCH3 is 1. The van der Waals surface area contributed by atoms with E-state index in [-0.39, 0.29) is 17.8 Å². The van der Waals surface area contributed by atoms with Crippen molar-refractivity contribution >= 4 is 17.4 Å². The summed E-state index contributed by atoms with van der Waals surface area (Å²) in [6.45, 7) is 0. The van der Waals surface area contributed by atoms with Gasteiger partial charge in [-0.2, -0.15) is 0 Å². The van der Waals surface area contributed by atoms with Crippen LogP contribution in [0.3, 0.4) is 0 Å². The van der Waals surface area contributed by atoms with Gasteiger partial charge in [0.2, 0.25) is 0 Å². The molecule has 1 heterocycles. The Morgan fingerprint density at radius 3 is 2.55 bits per heavy atom. The molecule has 3 aromatic rings. The third kappa shape index (κ3) is 4.85. The summed E-state index contributed by atoms with van der Waals surface area (Å²) >= 11 is 0. The van der Waals surface area contributed by atoms with E-state index in [2.05, 4.69) is 15.4 Å². The minimum absolute atomic E-state index is 0.168. The number of aromatic nitrogens is 2. The predicted octanol–water partition coefficient (Wildman–Crippen LogP) is 2.90. The number of anilines is 2. The molecule has 7 nitrogen and oxygen atoms in total. The van der Waals surface area contributed by atoms with Crippen LogP contribution in [0.2, 0.25) is 0 Å². The largest absolute Gasteiger partial charge is 0.496 e. The highest BCUT2D eigenvalue weighted by molar-refractivity contribution is 5.98. The van der Waals surface area contributed by atoms with Crippen LogP contribution in [0.5, 0.6) is 5.75 Å². The summed E-state index contributed by atoms with van der Waals surface area (Å²) < 4.78 is 18.6. The van der Waals surface area contributed by atoms with Crippen LogP contribution >= 0.6 is 0 Å². The summed E-state index contributed by atoms with van der Waals surface area (Å²) in [7, 11) is 1.46. The molecule has 2 aromatic carbocycles. The number of nitrogens with zero attached hydrogens (tertiary/aromatic N) is 2. The highest BCUT2D eigenvalue weighted by Crippen LogP contribution is 2.23. The highest BCUT2D eigenvalue weighted by Gasteiger charge is 2.14. The maximum absolute atomic E-state index is 13.5. The molecule has 3 rings (SSSR count). The Balaban J connectivity index is 1.66. The predicted molar refractivity (Wildman–Crippen MR) is 109 cm³/mol. The van der Waals surface area contributed by atoms with Crippen LogP contribution in [0.4, 0.5) is 16.0 Å². The lowest BCUT2D eigenvalue weighted by atomic mass is 9.99. The standard InChI is InChI=1S/C21H22FN5O2/c1-29-19-9-7-15(22)11-16(19)18(28)8-6-13-2-4-14(5-3-13)10-17-20(23)25-12-26-21(17)27-24/h2-5,7,9,11-12H,6,8,10,24H2,1H3,(H3,23,25,26,27). The number of hydrogen-bond acceptors (Lipinski definition) is 7. The van der Waals surface area contributed by atoms with Gasteiger partial charge in [-0.25, -0.2) is 20.2 Å². The lowest BCUT2D eigenvalue weighted by molar-refractivity contribution is 0.0979. The number of hydrazine groups is 1. The first-order chi connectivity index (χ1) is 14.0. The summed E-state index contributed by atoms with van der Waals surface area (Å²) in [5, 5.41) is 0. The lowest BCUT2D eigenvalue weighted by Crippen LogP contribution is -2.13. The Labute approximate surface area is 167 Å². The zero-order valence-corrected chi connectivity index (χ0v) is 16.0. The molecular weight excluding hydrogens is 373 g/mol. The van der Waals surface area contributed by atoms with Crippen LogP contribution < -0.4 is 21.7 Å². The molecule has 0 unspecified atom stereocenters. The van der Waals surface area contributed by atoms with Crippen molar-refractivity contribution in [1.82, 2.24) is 9.97 Å². The summed E-state index contributed by atoms with van der Waals surface area (Å²) in [6, 6.07) is 11.7. The third-order valence-electron chi connectivity index (χ3n) is 4.62. The van der Waals surface area contributed by atoms with Gasteiger partial charge in [0.25, 0.3) is 0 Å². The van der Waals surface area contributed by atoms with Gasteiger partial charge in [0, 0.05) is 18.4 Å². The number of nitrogens with one attached hydrogen (secondary N) is 1. The van der Waals surface area contributed by atoms with E-state index >= 15 is 0 Å². The Kier molecular flexibility index (Phi) is 6.36. The Bertz CT molecular complexity index is 1010. The minimum atomic E-state index is -0.464. The topological polar surface area (TPSA) is 116 Å². The fraction of sp³-hybridized carbons (Fsp3) is 0.190. The number of benzene rings is 2. The number of ether oxygens (including phenoxy) is 1. The second kappa shape index (κ2) is 9.11. The van der Waals surface area contributed by atoms with Gasteiger partial charge < -0.3 is 15.9 Å². The number of rotatable bonds is 8. The van der Waals surface area contributed by atoms with Crippen molar-refractivity contribution in [2.24, 2.45) is 5.84 Å². The smallest absolute Gasteiger partial charge is 0.167 e. The van der Waals surface area contributed by atoms with Gasteiger partial charge >= 0.3 is 0 Å². The van der Waals surface area contributed by atoms with Gasteiger partial charge in [-0.3, -0.25) is 4.79 Å². The monoisotopic (exact) mass is 395 g/mol.